The molecular weight excluding hydrogens is 679 g/mol. The number of H-pyrrole nitrogens is 1. The lowest BCUT2D eigenvalue weighted by Crippen LogP contribution is -2.21. The van der Waals surface area contributed by atoms with Crippen molar-refractivity contribution < 1.29 is 55.3 Å². The summed E-state index contributed by atoms with van der Waals surface area (Å²) in [4.78, 5) is 30.0. The first-order valence-corrected chi connectivity index (χ1v) is 14.5. The molecule has 6 N–H and O–H groups in total. The highest BCUT2D eigenvalue weighted by molar-refractivity contribution is 5.93. The smallest absolute Gasteiger partial charge is 0.490 e. The zero-order valence-corrected chi connectivity index (χ0v) is 26.2. The van der Waals surface area contributed by atoms with Crippen molar-refractivity contribution >= 4 is 34.2 Å². The Morgan fingerprint density at radius 1 is 0.920 bits per heavy atom. The fourth-order valence-corrected chi connectivity index (χ4v) is 4.35. The first kappa shape index (κ1) is 38.6. The molecular formula is C33H30F7N5O5. The Hall–Kier alpha value is -5.87. The van der Waals surface area contributed by atoms with Gasteiger partial charge >= 0.3 is 24.3 Å². The number of anilines is 2. The van der Waals surface area contributed by atoms with E-state index in [9.17, 15) is 26.3 Å². The number of nitrogens with zero attached hydrogens (tertiary/aromatic N) is 2. The van der Waals surface area contributed by atoms with Crippen LogP contribution in [0, 0.1) is 5.82 Å². The van der Waals surface area contributed by atoms with Crippen LogP contribution in [0.15, 0.2) is 79.1 Å². The molecule has 0 saturated carbocycles. The number of halogens is 7. The number of carboxylic acids is 2. The Kier molecular flexibility index (Phi) is 12.7. The lowest BCUT2D eigenvalue weighted by Gasteiger charge is -2.22. The summed E-state index contributed by atoms with van der Waals surface area (Å²) in [5, 5.41) is 19.6. The number of nitrogens with two attached hydrogens (primary N) is 1. The van der Waals surface area contributed by atoms with Crippen LogP contribution in [0.4, 0.5) is 42.2 Å². The number of hydrogen-bond donors (Lipinski definition) is 5. The number of nitrogens with one attached hydrogen (secondary N) is 2. The quantitative estimate of drug-likeness (QED) is 0.101. The first-order valence-electron chi connectivity index (χ1n) is 14.5. The molecule has 0 aliphatic rings. The van der Waals surface area contributed by atoms with E-state index in [0.29, 0.717) is 23.8 Å². The zero-order valence-electron chi connectivity index (χ0n) is 26.2. The van der Waals surface area contributed by atoms with Gasteiger partial charge in [-0.25, -0.2) is 23.9 Å². The molecule has 2 heterocycles. The van der Waals surface area contributed by atoms with E-state index in [0.717, 1.165) is 39.7 Å². The third-order valence-electron chi connectivity index (χ3n) is 6.69. The number of aromatic amines is 1. The molecule has 5 aromatic rings. The van der Waals surface area contributed by atoms with Crippen molar-refractivity contribution in [1.29, 1.82) is 0 Å². The van der Waals surface area contributed by atoms with E-state index in [4.69, 9.17) is 30.3 Å². The number of carbonyl (C=O) groups is 2. The average molecular weight is 710 g/mol. The summed E-state index contributed by atoms with van der Waals surface area (Å²) in [5.41, 5.74) is 10.1. The maximum atomic E-state index is 15.8. The molecule has 17 heteroatoms. The van der Waals surface area contributed by atoms with Gasteiger partial charge in [0, 0.05) is 22.8 Å². The molecule has 0 radical (unpaired) electrons. The van der Waals surface area contributed by atoms with Gasteiger partial charge in [0.15, 0.2) is 11.6 Å². The van der Waals surface area contributed by atoms with Crippen molar-refractivity contribution in [3.63, 3.8) is 0 Å². The number of aromatic nitrogens is 3. The number of benzene rings is 3. The van der Waals surface area contributed by atoms with E-state index in [2.05, 4.69) is 20.3 Å². The van der Waals surface area contributed by atoms with Crippen LogP contribution < -0.4 is 15.8 Å². The highest BCUT2D eigenvalue weighted by Crippen LogP contribution is 2.35. The van der Waals surface area contributed by atoms with Gasteiger partial charge in [-0.15, -0.1) is 0 Å². The number of rotatable bonds is 8. The Morgan fingerprint density at radius 2 is 1.54 bits per heavy atom. The van der Waals surface area contributed by atoms with Crippen LogP contribution in [0.1, 0.15) is 36.8 Å². The lowest BCUT2D eigenvalue weighted by atomic mass is 9.99. The summed E-state index contributed by atoms with van der Waals surface area (Å²) < 4.78 is 84.9. The fourth-order valence-electron chi connectivity index (χ4n) is 4.35. The number of fused-ring (bicyclic) bond motifs is 1. The topological polar surface area (TPSA) is 163 Å². The molecule has 0 fully saturated rings. The molecule has 1 unspecified atom stereocenters. The van der Waals surface area contributed by atoms with E-state index in [-0.39, 0.29) is 5.75 Å². The zero-order chi connectivity index (χ0) is 37.2. The second kappa shape index (κ2) is 16.5. The van der Waals surface area contributed by atoms with Gasteiger partial charge in [-0.1, -0.05) is 43.3 Å². The number of pyridine rings is 1. The summed E-state index contributed by atoms with van der Waals surface area (Å²) in [6, 6.07) is 20.7. The number of hydrogen-bond acceptors (Lipinski definition) is 7. The van der Waals surface area contributed by atoms with E-state index in [1.165, 1.54) is 0 Å². The molecule has 0 spiro atoms. The second-order valence-electron chi connectivity index (χ2n) is 10.1. The van der Waals surface area contributed by atoms with Gasteiger partial charge < -0.3 is 31.0 Å². The average Bonchev–Trinajstić information content (AvgIpc) is 3.55. The Bertz CT molecular complexity index is 1890. The SMILES string of the molecule is CCOc1cc(CC)cc(C(Nc2ccc3c(N)nccc3c2)c2ncc(-c3ccccc3)[nH]2)c1F.O=C(O)C(F)(F)F.O=C(O)C(F)(F)F. The van der Waals surface area contributed by atoms with E-state index >= 15 is 4.39 Å². The van der Waals surface area contributed by atoms with E-state index in [1.54, 1.807) is 18.5 Å². The minimum absolute atomic E-state index is 0.242. The largest absolute Gasteiger partial charge is 0.491 e. The predicted octanol–water partition coefficient (Wildman–Crippen LogP) is 7.78. The van der Waals surface area contributed by atoms with Crippen LogP contribution in [-0.4, -0.2) is 56.1 Å². The molecule has 0 saturated heterocycles. The molecule has 50 heavy (non-hydrogen) atoms. The molecule has 266 valence electrons. The highest BCUT2D eigenvalue weighted by atomic mass is 19.4. The van der Waals surface area contributed by atoms with Crippen LogP contribution in [0.3, 0.4) is 0 Å². The molecule has 10 nitrogen and oxygen atoms in total. The number of aryl methyl sites for hydroxylation is 1. The van der Waals surface area contributed by atoms with E-state index < -0.39 is 36.2 Å². The minimum atomic E-state index is -5.08. The summed E-state index contributed by atoms with van der Waals surface area (Å²) in [5.74, 6) is -4.61. The first-order chi connectivity index (χ1) is 23.5. The van der Waals surface area contributed by atoms with E-state index in [1.807, 2.05) is 74.5 Å². The van der Waals surface area contributed by atoms with Crippen LogP contribution >= 0.6 is 0 Å². The minimum Gasteiger partial charge on any atom is -0.491 e. The third-order valence-corrected chi connectivity index (χ3v) is 6.69. The van der Waals surface area contributed by atoms with Crippen molar-refractivity contribution in [3.8, 4) is 17.0 Å². The molecule has 1 atom stereocenters. The van der Waals surface area contributed by atoms with Gasteiger partial charge in [0.2, 0.25) is 0 Å². The number of ether oxygens (including phenoxy) is 1. The van der Waals surface area contributed by atoms with Crippen LogP contribution in [0.25, 0.3) is 22.0 Å². The maximum Gasteiger partial charge on any atom is 0.490 e. The monoisotopic (exact) mass is 709 g/mol. The second-order valence-corrected chi connectivity index (χ2v) is 10.1. The van der Waals surface area contributed by atoms with Crippen molar-refractivity contribution in [2.75, 3.05) is 17.7 Å². The van der Waals surface area contributed by atoms with Crippen molar-refractivity contribution in [1.82, 2.24) is 15.0 Å². The van der Waals surface area contributed by atoms with Gasteiger partial charge in [-0.05, 0) is 60.2 Å². The summed E-state index contributed by atoms with van der Waals surface area (Å²) >= 11 is 0. The maximum absolute atomic E-state index is 15.8. The number of aliphatic carboxylic acids is 2. The van der Waals surface area contributed by atoms with Gasteiger partial charge in [-0.2, -0.15) is 26.3 Å². The molecule has 0 bridgehead atoms. The summed E-state index contributed by atoms with van der Waals surface area (Å²) in [7, 11) is 0. The number of imidazole rings is 1. The number of carboxylic acid groups (broad SMARTS) is 2. The Morgan fingerprint density at radius 3 is 2.10 bits per heavy atom. The van der Waals surface area contributed by atoms with Crippen LogP contribution in [0.2, 0.25) is 0 Å². The van der Waals surface area contributed by atoms with Gasteiger partial charge in [0.25, 0.3) is 0 Å². The molecule has 5 rings (SSSR count). The van der Waals surface area contributed by atoms with Gasteiger partial charge in [0.05, 0.1) is 18.5 Å². The summed E-state index contributed by atoms with van der Waals surface area (Å²) in [6.07, 6.45) is -5.97. The molecule has 0 aliphatic heterocycles. The standard InChI is InChI=1S/C29H28FN5O.2C2HF3O2/c1-3-18-14-23(26(30)25(15-18)36-4-2)27(29-33-17-24(35-29)19-8-6-5-7-9-19)34-21-10-11-22-20(16-21)12-13-32-28(22)31;2*3-2(4,5)1(6)7/h5-17,27,34H,3-4H2,1-2H3,(H2,31,32)(H,33,35);2*(H,6,7). The molecule has 0 aliphatic carbocycles. The van der Waals surface area contributed by atoms with Crippen molar-refractivity contribution in [2.45, 2.75) is 38.7 Å². The number of nitrogen functional groups attached to an aromatic ring is 1. The Labute approximate surface area is 279 Å². The molecule has 2 aromatic heterocycles. The molecule has 3 aromatic carbocycles. The predicted molar refractivity (Wildman–Crippen MR) is 170 cm³/mol. The van der Waals surface area contributed by atoms with Crippen molar-refractivity contribution in [2.24, 2.45) is 0 Å². The Balaban J connectivity index is 0.000000408. The normalized spacial score (nSPS) is 11.8. The van der Waals surface area contributed by atoms with Crippen LogP contribution in [0.5, 0.6) is 5.75 Å². The van der Waals surface area contributed by atoms with Gasteiger partial charge in [-0.3, -0.25) is 0 Å². The molecule has 0 amide bonds. The fraction of sp³-hybridized carbons (Fsp3) is 0.212. The number of alkyl halides is 6. The third kappa shape index (κ3) is 10.3. The van der Waals surface area contributed by atoms with Crippen LogP contribution in [-0.2, 0) is 16.0 Å². The lowest BCUT2D eigenvalue weighted by molar-refractivity contribution is -0.193. The van der Waals surface area contributed by atoms with Crippen molar-refractivity contribution in [3.05, 3.63) is 102 Å². The van der Waals surface area contributed by atoms with Gasteiger partial charge in [0.1, 0.15) is 17.7 Å². The highest BCUT2D eigenvalue weighted by Gasteiger charge is 2.39. The summed E-state index contributed by atoms with van der Waals surface area (Å²) in [6.45, 7) is 4.26.